The van der Waals surface area contributed by atoms with Crippen LogP contribution in [0.4, 0.5) is 18.9 Å². The van der Waals surface area contributed by atoms with Crippen LogP contribution in [0, 0.1) is 12.7 Å². The highest BCUT2D eigenvalue weighted by molar-refractivity contribution is 7.99. The van der Waals surface area contributed by atoms with Gasteiger partial charge in [0.05, 0.1) is 23.7 Å². The maximum absolute atomic E-state index is 15.4. The third kappa shape index (κ3) is 5.09. The summed E-state index contributed by atoms with van der Waals surface area (Å²) in [6.45, 7) is 8.75. The first kappa shape index (κ1) is 26.3. The molecule has 3 heterocycles. The third-order valence-electron chi connectivity index (χ3n) is 6.34. The molecule has 0 bridgehead atoms. The van der Waals surface area contributed by atoms with E-state index in [9.17, 15) is 13.6 Å². The summed E-state index contributed by atoms with van der Waals surface area (Å²) < 4.78 is 51.0. The Kier molecular flexibility index (Phi) is 7.92. The Morgan fingerprint density at radius 2 is 2.03 bits per heavy atom. The van der Waals surface area contributed by atoms with Crippen LogP contribution in [-0.4, -0.2) is 29.0 Å². The highest BCUT2D eigenvalue weighted by Crippen LogP contribution is 2.41. The van der Waals surface area contributed by atoms with E-state index in [1.807, 2.05) is 12.1 Å². The molecule has 1 atom stereocenters. The fraction of sp³-hybridized carbons (Fsp3) is 0.214. The number of rotatable bonds is 9. The second kappa shape index (κ2) is 11.1. The summed E-state index contributed by atoms with van der Waals surface area (Å²) in [5, 5.41) is 3.89. The zero-order valence-corrected chi connectivity index (χ0v) is 21.3. The second-order valence-corrected chi connectivity index (χ2v) is 9.48. The van der Waals surface area contributed by atoms with E-state index in [1.54, 1.807) is 30.0 Å². The SMILES string of the molecule is C=C/C(F)=C(/Cc1c(C)c(-c2cccc(OC)c2F)c(=O)n2c1SCC2CNc1ccncc1)C(=C)F. The van der Waals surface area contributed by atoms with E-state index in [2.05, 4.69) is 23.5 Å². The van der Waals surface area contributed by atoms with Crippen LogP contribution in [0.3, 0.4) is 0 Å². The molecule has 0 radical (unpaired) electrons. The van der Waals surface area contributed by atoms with Crippen molar-refractivity contribution in [3.05, 3.63) is 106 Å². The van der Waals surface area contributed by atoms with Crippen molar-refractivity contribution in [1.29, 1.82) is 0 Å². The topological polar surface area (TPSA) is 56.1 Å². The minimum Gasteiger partial charge on any atom is -0.494 e. The molecule has 1 unspecified atom stereocenters. The van der Waals surface area contributed by atoms with Gasteiger partial charge in [-0.2, -0.15) is 0 Å². The largest absolute Gasteiger partial charge is 0.494 e. The fourth-order valence-corrected chi connectivity index (χ4v) is 5.81. The molecule has 0 fully saturated rings. The monoisotopic (exact) mass is 525 g/mol. The average Bonchev–Trinajstić information content (AvgIpc) is 3.32. The molecular weight excluding hydrogens is 499 g/mol. The molecule has 3 aromatic rings. The lowest BCUT2D eigenvalue weighted by Crippen LogP contribution is -2.31. The molecule has 0 saturated carbocycles. The quantitative estimate of drug-likeness (QED) is 0.321. The van der Waals surface area contributed by atoms with E-state index in [1.165, 1.54) is 31.0 Å². The predicted octanol–water partition coefficient (Wildman–Crippen LogP) is 6.56. The van der Waals surface area contributed by atoms with Crippen LogP contribution in [0.2, 0.25) is 0 Å². The molecular formula is C28H26F3N3O2S. The third-order valence-corrected chi connectivity index (χ3v) is 7.61. The van der Waals surface area contributed by atoms with Gasteiger partial charge >= 0.3 is 0 Å². The van der Waals surface area contributed by atoms with Crippen molar-refractivity contribution < 1.29 is 17.9 Å². The molecule has 9 heteroatoms. The first-order valence-electron chi connectivity index (χ1n) is 11.5. The second-order valence-electron chi connectivity index (χ2n) is 8.47. The van der Waals surface area contributed by atoms with Gasteiger partial charge in [-0.1, -0.05) is 25.3 Å². The van der Waals surface area contributed by atoms with Gasteiger partial charge in [-0.15, -0.1) is 11.8 Å². The van der Waals surface area contributed by atoms with Crippen molar-refractivity contribution in [1.82, 2.24) is 9.55 Å². The Morgan fingerprint density at radius 1 is 1.30 bits per heavy atom. The number of hydrogen-bond acceptors (Lipinski definition) is 5. The molecule has 37 heavy (non-hydrogen) atoms. The van der Waals surface area contributed by atoms with E-state index in [0.29, 0.717) is 28.5 Å². The van der Waals surface area contributed by atoms with Crippen LogP contribution in [0.1, 0.15) is 17.2 Å². The first-order chi connectivity index (χ1) is 17.8. The van der Waals surface area contributed by atoms with Gasteiger partial charge in [0.1, 0.15) is 11.7 Å². The fourth-order valence-electron chi connectivity index (χ4n) is 4.42. The van der Waals surface area contributed by atoms with Crippen molar-refractivity contribution in [2.75, 3.05) is 24.7 Å². The summed E-state index contributed by atoms with van der Waals surface area (Å²) in [5.74, 6) is -1.93. The number of nitrogens with zero attached hydrogens (tertiary/aromatic N) is 2. The Balaban J connectivity index is 1.92. The number of methoxy groups -OCH3 is 1. The van der Waals surface area contributed by atoms with E-state index >= 15 is 4.39 Å². The number of nitrogens with one attached hydrogen (secondary N) is 1. The van der Waals surface area contributed by atoms with Gasteiger partial charge < -0.3 is 10.1 Å². The number of allylic oxidation sites excluding steroid dienone is 4. The van der Waals surface area contributed by atoms with Crippen molar-refractivity contribution in [3.8, 4) is 16.9 Å². The van der Waals surface area contributed by atoms with Crippen LogP contribution in [-0.2, 0) is 6.42 Å². The minimum absolute atomic E-state index is 0.0101. The summed E-state index contributed by atoms with van der Waals surface area (Å²) in [4.78, 5) is 17.9. The summed E-state index contributed by atoms with van der Waals surface area (Å²) in [6, 6.07) is 7.89. The van der Waals surface area contributed by atoms with Crippen LogP contribution in [0.25, 0.3) is 11.1 Å². The van der Waals surface area contributed by atoms with E-state index in [0.717, 1.165) is 11.8 Å². The molecule has 1 aliphatic heterocycles. The predicted molar refractivity (Wildman–Crippen MR) is 142 cm³/mol. The van der Waals surface area contributed by atoms with E-state index < -0.39 is 17.5 Å². The Hall–Kier alpha value is -3.72. The summed E-state index contributed by atoms with van der Waals surface area (Å²) in [6.07, 6.45) is 4.05. The normalized spacial score (nSPS) is 15.1. The van der Waals surface area contributed by atoms with Gasteiger partial charge in [0.2, 0.25) is 0 Å². The molecule has 0 aliphatic carbocycles. The Bertz CT molecular complexity index is 1450. The molecule has 5 nitrogen and oxygen atoms in total. The summed E-state index contributed by atoms with van der Waals surface area (Å²) >= 11 is 1.42. The van der Waals surface area contributed by atoms with Crippen molar-refractivity contribution >= 4 is 17.4 Å². The first-order valence-corrected chi connectivity index (χ1v) is 12.5. The lowest BCUT2D eigenvalue weighted by atomic mass is 9.93. The van der Waals surface area contributed by atoms with Crippen LogP contribution < -0.4 is 15.6 Å². The molecule has 2 aromatic heterocycles. The molecule has 1 aliphatic rings. The van der Waals surface area contributed by atoms with Crippen LogP contribution in [0.15, 0.2) is 89.0 Å². The summed E-state index contributed by atoms with van der Waals surface area (Å²) in [5.41, 5.74) is 1.33. The number of aromatic nitrogens is 2. The number of ether oxygens (including phenoxy) is 1. The molecule has 192 valence electrons. The maximum atomic E-state index is 15.4. The number of halogens is 3. The van der Waals surface area contributed by atoms with Gasteiger partial charge in [-0.3, -0.25) is 14.3 Å². The molecule has 0 amide bonds. The van der Waals surface area contributed by atoms with Gasteiger partial charge in [0.15, 0.2) is 11.6 Å². The van der Waals surface area contributed by atoms with Crippen molar-refractivity contribution in [2.45, 2.75) is 24.4 Å². The van der Waals surface area contributed by atoms with Gasteiger partial charge in [-0.25, -0.2) is 13.2 Å². The lowest BCUT2D eigenvalue weighted by Gasteiger charge is -2.22. The standard InChI is InChI=1S/C28H26F3N3O2S/c1-5-23(30)22(17(3)29)13-21-16(2)25(20-7-6-8-24(36-4)26(20)31)27(35)34-19(15-37-28(21)34)14-33-18-9-11-32-12-10-18/h5-12,19H,1,3,13-15H2,2,4H3,(H,32,33)/b23-22+. The molecule has 4 rings (SSSR count). The average molecular weight is 526 g/mol. The van der Waals surface area contributed by atoms with Crippen molar-refractivity contribution in [2.24, 2.45) is 0 Å². The molecule has 0 saturated heterocycles. The highest BCUT2D eigenvalue weighted by Gasteiger charge is 2.32. The number of hydrogen-bond donors (Lipinski definition) is 1. The zero-order chi connectivity index (χ0) is 26.7. The van der Waals surface area contributed by atoms with Crippen LogP contribution >= 0.6 is 11.8 Å². The maximum Gasteiger partial charge on any atom is 0.260 e. The lowest BCUT2D eigenvalue weighted by molar-refractivity contribution is 0.387. The van der Waals surface area contributed by atoms with Gasteiger partial charge in [0.25, 0.3) is 5.56 Å². The number of benzene rings is 1. The number of thioether (sulfide) groups is 1. The Labute approximate surface area is 217 Å². The van der Waals surface area contributed by atoms with E-state index in [4.69, 9.17) is 4.74 Å². The zero-order valence-electron chi connectivity index (χ0n) is 20.5. The van der Waals surface area contributed by atoms with Gasteiger partial charge in [-0.05, 0) is 42.3 Å². The number of pyridine rings is 2. The highest BCUT2D eigenvalue weighted by atomic mass is 32.2. The van der Waals surface area contributed by atoms with Gasteiger partial charge in [0, 0.05) is 47.9 Å². The molecule has 0 spiro atoms. The van der Waals surface area contributed by atoms with E-state index in [-0.39, 0.29) is 40.5 Å². The minimum atomic E-state index is -0.935. The Morgan fingerprint density at radius 3 is 2.68 bits per heavy atom. The molecule has 1 N–H and O–H groups in total. The van der Waals surface area contributed by atoms with Crippen molar-refractivity contribution in [3.63, 3.8) is 0 Å². The smallest absolute Gasteiger partial charge is 0.260 e. The van der Waals surface area contributed by atoms with Crippen LogP contribution in [0.5, 0.6) is 5.75 Å². The summed E-state index contributed by atoms with van der Waals surface area (Å²) in [7, 11) is 1.34. The number of fused-ring (bicyclic) bond motifs is 1. The number of anilines is 1. The molecule has 1 aromatic carbocycles.